The number of nitrogens with zero attached hydrogens (tertiary/aromatic N) is 1. The van der Waals surface area contributed by atoms with Gasteiger partial charge in [0.15, 0.2) is 6.61 Å². The number of ether oxygens (including phenoxy) is 1. The highest BCUT2D eigenvalue weighted by molar-refractivity contribution is 9.11. The van der Waals surface area contributed by atoms with Crippen molar-refractivity contribution < 1.29 is 9.53 Å². The molecule has 1 aromatic carbocycles. The van der Waals surface area contributed by atoms with Gasteiger partial charge in [0.1, 0.15) is 5.75 Å². The van der Waals surface area contributed by atoms with Gasteiger partial charge in [-0.05, 0) is 53.5 Å². The molecule has 1 amide bonds. The van der Waals surface area contributed by atoms with E-state index in [0.717, 1.165) is 19.9 Å². The molecule has 1 aromatic heterocycles. The van der Waals surface area contributed by atoms with Crippen molar-refractivity contribution in [1.29, 1.82) is 0 Å². The van der Waals surface area contributed by atoms with Crippen molar-refractivity contribution in [2.24, 2.45) is 5.10 Å². The van der Waals surface area contributed by atoms with E-state index in [9.17, 15) is 4.79 Å². The fourth-order valence-corrected chi connectivity index (χ4v) is 2.93. The summed E-state index contributed by atoms with van der Waals surface area (Å²) in [5, 5.41) is 4.07. The Morgan fingerprint density at radius 1 is 1.33 bits per heavy atom. The highest BCUT2D eigenvalue weighted by atomic mass is 79.9. The number of hydrogen-bond donors (Lipinski definition) is 1. The average molecular weight is 367 g/mol. The van der Waals surface area contributed by atoms with Crippen molar-refractivity contribution in [2.75, 3.05) is 6.61 Å². The Balaban J connectivity index is 1.86. The minimum absolute atomic E-state index is 0.0598. The van der Waals surface area contributed by atoms with E-state index in [4.69, 9.17) is 4.74 Å². The Labute approximate surface area is 136 Å². The molecule has 0 atom stereocenters. The van der Waals surface area contributed by atoms with E-state index in [1.165, 1.54) is 0 Å². The molecule has 0 saturated carbocycles. The van der Waals surface area contributed by atoms with Crippen molar-refractivity contribution in [1.82, 2.24) is 5.43 Å². The molecule has 0 spiro atoms. The van der Waals surface area contributed by atoms with Crippen molar-refractivity contribution in [3.8, 4) is 5.75 Å². The van der Waals surface area contributed by atoms with E-state index in [-0.39, 0.29) is 12.5 Å². The van der Waals surface area contributed by atoms with Gasteiger partial charge in [0.2, 0.25) is 0 Å². The van der Waals surface area contributed by atoms with E-state index in [1.54, 1.807) is 11.3 Å². The first-order chi connectivity index (χ1) is 10.1. The second-order valence-electron chi connectivity index (χ2n) is 4.39. The minimum atomic E-state index is -0.284. The number of aryl methyl sites for hydroxylation is 1. The minimum Gasteiger partial charge on any atom is -0.483 e. The molecule has 6 heteroatoms. The number of thiophene rings is 1. The third-order valence-electron chi connectivity index (χ3n) is 2.73. The smallest absolute Gasteiger partial charge is 0.277 e. The Kier molecular flexibility index (Phi) is 5.52. The van der Waals surface area contributed by atoms with Crippen LogP contribution in [0.2, 0.25) is 0 Å². The van der Waals surface area contributed by atoms with Crippen LogP contribution >= 0.6 is 27.3 Å². The van der Waals surface area contributed by atoms with Gasteiger partial charge in [-0.15, -0.1) is 11.3 Å². The summed E-state index contributed by atoms with van der Waals surface area (Å²) >= 11 is 4.96. The molecule has 1 heterocycles. The van der Waals surface area contributed by atoms with Crippen molar-refractivity contribution >= 4 is 38.9 Å². The summed E-state index contributed by atoms with van der Waals surface area (Å²) < 4.78 is 6.48. The van der Waals surface area contributed by atoms with Gasteiger partial charge in [-0.2, -0.15) is 5.10 Å². The van der Waals surface area contributed by atoms with Crippen LogP contribution in [0.3, 0.4) is 0 Å². The van der Waals surface area contributed by atoms with Gasteiger partial charge in [-0.1, -0.05) is 18.2 Å². The van der Waals surface area contributed by atoms with E-state index >= 15 is 0 Å². The lowest BCUT2D eigenvalue weighted by atomic mass is 10.2. The van der Waals surface area contributed by atoms with E-state index in [0.29, 0.717) is 5.75 Å². The van der Waals surface area contributed by atoms with Gasteiger partial charge < -0.3 is 4.74 Å². The zero-order valence-corrected chi connectivity index (χ0v) is 14.1. The highest BCUT2D eigenvalue weighted by Crippen LogP contribution is 2.22. The van der Waals surface area contributed by atoms with Crippen LogP contribution in [0.4, 0.5) is 0 Å². The molecule has 110 valence electrons. The van der Waals surface area contributed by atoms with Crippen LogP contribution in [-0.2, 0) is 4.79 Å². The molecular weight excluding hydrogens is 352 g/mol. The lowest BCUT2D eigenvalue weighted by Gasteiger charge is -2.07. The molecule has 21 heavy (non-hydrogen) atoms. The predicted molar refractivity (Wildman–Crippen MR) is 89.0 cm³/mol. The van der Waals surface area contributed by atoms with Crippen LogP contribution in [-0.4, -0.2) is 18.2 Å². The molecule has 0 aliphatic carbocycles. The number of carbonyl (C=O) groups excluding carboxylic acids is 1. The Bertz CT molecular complexity index is 667. The van der Waals surface area contributed by atoms with Crippen molar-refractivity contribution in [2.45, 2.75) is 13.8 Å². The van der Waals surface area contributed by atoms with Gasteiger partial charge >= 0.3 is 0 Å². The summed E-state index contributed by atoms with van der Waals surface area (Å²) in [5.74, 6) is 0.420. The number of hydrazone groups is 1. The van der Waals surface area contributed by atoms with Crippen LogP contribution in [0.15, 0.2) is 45.3 Å². The monoisotopic (exact) mass is 366 g/mol. The number of hydrogen-bond acceptors (Lipinski definition) is 4. The summed E-state index contributed by atoms with van der Waals surface area (Å²) in [6, 6.07) is 11.5. The first-order valence-electron chi connectivity index (χ1n) is 6.33. The van der Waals surface area contributed by atoms with E-state index in [2.05, 4.69) is 26.5 Å². The molecule has 0 saturated heterocycles. The van der Waals surface area contributed by atoms with Crippen molar-refractivity contribution in [3.63, 3.8) is 0 Å². The quantitative estimate of drug-likeness (QED) is 0.647. The molecule has 0 unspecified atom stereocenters. The number of carbonyl (C=O) groups is 1. The zero-order chi connectivity index (χ0) is 15.2. The maximum Gasteiger partial charge on any atom is 0.277 e. The molecule has 4 nitrogen and oxygen atoms in total. The average Bonchev–Trinajstić information content (AvgIpc) is 2.90. The molecule has 0 bridgehead atoms. The SMILES string of the molecule is C/C(=N\NC(=O)COc1ccccc1C)c1ccc(Br)s1. The van der Waals surface area contributed by atoms with Crippen molar-refractivity contribution in [3.05, 3.63) is 50.6 Å². The highest BCUT2D eigenvalue weighted by Gasteiger charge is 2.05. The number of benzene rings is 1. The zero-order valence-electron chi connectivity index (χ0n) is 11.7. The molecule has 2 aromatic rings. The summed E-state index contributed by atoms with van der Waals surface area (Å²) in [5.41, 5.74) is 4.25. The molecule has 1 N–H and O–H groups in total. The summed E-state index contributed by atoms with van der Waals surface area (Å²) in [6.07, 6.45) is 0. The normalized spacial score (nSPS) is 11.3. The number of halogens is 1. The summed E-state index contributed by atoms with van der Waals surface area (Å²) in [7, 11) is 0. The molecule has 0 fully saturated rings. The second kappa shape index (κ2) is 7.38. The number of rotatable bonds is 5. The standard InChI is InChI=1S/C15H15BrN2O2S/c1-10-5-3-4-6-12(10)20-9-15(19)18-17-11(2)13-7-8-14(16)21-13/h3-8H,9H2,1-2H3,(H,18,19)/b17-11+. The third kappa shape index (κ3) is 4.68. The maximum absolute atomic E-state index is 11.7. The number of nitrogens with one attached hydrogen (secondary N) is 1. The second-order valence-corrected chi connectivity index (χ2v) is 6.85. The van der Waals surface area contributed by atoms with E-state index in [1.807, 2.05) is 50.2 Å². The van der Waals surface area contributed by atoms with Gasteiger partial charge in [0.05, 0.1) is 14.4 Å². The maximum atomic E-state index is 11.7. The summed E-state index contributed by atoms with van der Waals surface area (Å²) in [6.45, 7) is 3.72. The van der Waals surface area contributed by atoms with E-state index < -0.39 is 0 Å². The van der Waals surface area contributed by atoms with Gasteiger partial charge in [0.25, 0.3) is 5.91 Å². The van der Waals surface area contributed by atoms with Crippen LogP contribution in [0.5, 0.6) is 5.75 Å². The van der Waals surface area contributed by atoms with Crippen LogP contribution in [0.25, 0.3) is 0 Å². The van der Waals surface area contributed by atoms with Crippen LogP contribution < -0.4 is 10.2 Å². The number of para-hydroxylation sites is 1. The molecule has 2 rings (SSSR count). The fourth-order valence-electron chi connectivity index (χ4n) is 1.60. The fraction of sp³-hybridized carbons (Fsp3) is 0.200. The molecular formula is C15H15BrN2O2S. The van der Waals surface area contributed by atoms with Crippen LogP contribution in [0.1, 0.15) is 17.4 Å². The van der Waals surface area contributed by atoms with Crippen LogP contribution in [0, 0.1) is 6.92 Å². The first-order valence-corrected chi connectivity index (χ1v) is 7.94. The van der Waals surface area contributed by atoms with Gasteiger partial charge in [-0.25, -0.2) is 5.43 Å². The predicted octanol–water partition coefficient (Wildman–Crippen LogP) is 3.74. The Morgan fingerprint density at radius 3 is 2.76 bits per heavy atom. The summed E-state index contributed by atoms with van der Waals surface area (Å²) in [4.78, 5) is 12.7. The Morgan fingerprint density at radius 2 is 2.10 bits per heavy atom. The van der Waals surface area contributed by atoms with Gasteiger partial charge in [-0.3, -0.25) is 4.79 Å². The molecule has 0 aliphatic rings. The number of amides is 1. The Hall–Kier alpha value is -1.66. The van der Waals surface area contributed by atoms with Gasteiger partial charge in [0, 0.05) is 0 Å². The first kappa shape index (κ1) is 15.7. The lowest BCUT2D eigenvalue weighted by molar-refractivity contribution is -0.123. The topological polar surface area (TPSA) is 50.7 Å². The lowest BCUT2D eigenvalue weighted by Crippen LogP contribution is -2.25. The largest absolute Gasteiger partial charge is 0.483 e. The molecule has 0 radical (unpaired) electrons. The molecule has 0 aliphatic heterocycles. The third-order valence-corrected chi connectivity index (χ3v) is 4.46.